The van der Waals surface area contributed by atoms with Crippen LogP contribution in [0.1, 0.15) is 38.5 Å². The summed E-state index contributed by atoms with van der Waals surface area (Å²) in [5.41, 5.74) is 2.06. The van der Waals surface area contributed by atoms with Crippen LogP contribution in [0.25, 0.3) is 11.3 Å². The SMILES string of the molecule is O=[N+]([O-])c1ccc(N2CCCC(N[C@@H]3CCCC[C@H]3Nc3nccc(-c4cccc(OC(F)(F)F)c4)n3)C2)cc1. The Morgan fingerprint density at radius 1 is 1.00 bits per heavy atom. The van der Waals surface area contributed by atoms with E-state index >= 15 is 0 Å². The summed E-state index contributed by atoms with van der Waals surface area (Å²) in [6, 6.07) is 14.7. The topological polar surface area (TPSA) is 105 Å². The number of benzene rings is 2. The summed E-state index contributed by atoms with van der Waals surface area (Å²) in [7, 11) is 0. The third-order valence-electron chi connectivity index (χ3n) is 7.40. The first-order valence-corrected chi connectivity index (χ1v) is 13.4. The quantitative estimate of drug-likeness (QED) is 0.260. The number of anilines is 2. The minimum atomic E-state index is -4.77. The average Bonchev–Trinajstić information content (AvgIpc) is 2.94. The molecule has 3 atom stereocenters. The first-order valence-electron chi connectivity index (χ1n) is 13.4. The minimum Gasteiger partial charge on any atom is -0.406 e. The van der Waals surface area contributed by atoms with Gasteiger partial charge < -0.3 is 20.3 Å². The van der Waals surface area contributed by atoms with Gasteiger partial charge in [0.25, 0.3) is 5.69 Å². The number of rotatable bonds is 8. The van der Waals surface area contributed by atoms with Crippen LogP contribution in [0.5, 0.6) is 5.75 Å². The van der Waals surface area contributed by atoms with E-state index in [-0.39, 0.29) is 34.5 Å². The molecule has 9 nitrogen and oxygen atoms in total. The largest absolute Gasteiger partial charge is 0.573 e. The molecule has 1 unspecified atom stereocenters. The number of piperidine rings is 1. The lowest BCUT2D eigenvalue weighted by molar-refractivity contribution is -0.384. The maximum absolute atomic E-state index is 12.7. The van der Waals surface area contributed by atoms with Crippen LogP contribution in [0.3, 0.4) is 0 Å². The molecule has 2 fully saturated rings. The van der Waals surface area contributed by atoms with Crippen LogP contribution >= 0.6 is 0 Å². The number of alkyl halides is 3. The monoisotopic (exact) mass is 556 g/mol. The second-order valence-electron chi connectivity index (χ2n) is 10.2. The second-order valence-corrected chi connectivity index (χ2v) is 10.2. The Morgan fingerprint density at radius 3 is 2.52 bits per heavy atom. The number of halogens is 3. The van der Waals surface area contributed by atoms with Gasteiger partial charge in [0.2, 0.25) is 5.95 Å². The fourth-order valence-corrected chi connectivity index (χ4v) is 5.55. The highest BCUT2D eigenvalue weighted by atomic mass is 19.4. The van der Waals surface area contributed by atoms with Gasteiger partial charge in [0, 0.05) is 60.8 Å². The first-order chi connectivity index (χ1) is 19.2. The van der Waals surface area contributed by atoms with Crippen LogP contribution in [0.2, 0.25) is 0 Å². The van der Waals surface area contributed by atoms with E-state index in [1.54, 1.807) is 42.6 Å². The summed E-state index contributed by atoms with van der Waals surface area (Å²) in [4.78, 5) is 21.8. The van der Waals surface area contributed by atoms with Crippen molar-refractivity contribution in [2.45, 2.75) is 63.0 Å². The number of nitro benzene ring substituents is 1. The molecule has 1 aliphatic carbocycles. The van der Waals surface area contributed by atoms with E-state index < -0.39 is 6.36 Å². The Kier molecular flexibility index (Phi) is 8.34. The van der Waals surface area contributed by atoms with Gasteiger partial charge in [-0.05, 0) is 56.0 Å². The smallest absolute Gasteiger partial charge is 0.406 e. The Morgan fingerprint density at radius 2 is 1.77 bits per heavy atom. The van der Waals surface area contributed by atoms with Crippen molar-refractivity contribution in [3.05, 3.63) is 70.9 Å². The number of hydrogen-bond donors (Lipinski definition) is 2. The van der Waals surface area contributed by atoms with Crippen molar-refractivity contribution in [3.63, 3.8) is 0 Å². The summed E-state index contributed by atoms with van der Waals surface area (Å²) in [6.45, 7) is 1.71. The van der Waals surface area contributed by atoms with Crippen LogP contribution in [-0.2, 0) is 0 Å². The number of non-ortho nitro benzene ring substituents is 1. The molecule has 40 heavy (non-hydrogen) atoms. The highest BCUT2D eigenvalue weighted by molar-refractivity contribution is 5.62. The van der Waals surface area contributed by atoms with E-state index in [2.05, 4.69) is 30.2 Å². The lowest BCUT2D eigenvalue weighted by atomic mass is 9.89. The molecule has 0 bridgehead atoms. The van der Waals surface area contributed by atoms with Gasteiger partial charge >= 0.3 is 6.36 Å². The highest BCUT2D eigenvalue weighted by Crippen LogP contribution is 2.29. The lowest BCUT2D eigenvalue weighted by Gasteiger charge is -2.40. The van der Waals surface area contributed by atoms with Gasteiger partial charge in [0.1, 0.15) is 5.75 Å². The number of nitrogens with one attached hydrogen (secondary N) is 2. The number of nitro groups is 1. The van der Waals surface area contributed by atoms with Gasteiger partial charge in [0.15, 0.2) is 0 Å². The van der Waals surface area contributed by atoms with Gasteiger partial charge in [-0.2, -0.15) is 0 Å². The van der Waals surface area contributed by atoms with Crippen LogP contribution in [0, 0.1) is 10.1 Å². The molecule has 2 aromatic carbocycles. The van der Waals surface area contributed by atoms with E-state index in [1.165, 1.54) is 18.2 Å². The predicted octanol–water partition coefficient (Wildman–Crippen LogP) is 5.93. The van der Waals surface area contributed by atoms with Crippen molar-refractivity contribution in [2.75, 3.05) is 23.3 Å². The third kappa shape index (κ3) is 7.17. The van der Waals surface area contributed by atoms with Gasteiger partial charge in [-0.3, -0.25) is 10.1 Å². The van der Waals surface area contributed by atoms with Crippen LogP contribution in [0.15, 0.2) is 60.8 Å². The standard InChI is InChI=1S/C28H31F3N6O3/c29-28(30,31)40-23-7-3-5-19(17-23)24-14-15-32-27(34-24)35-26-9-2-1-8-25(26)33-20-6-4-16-36(18-20)21-10-12-22(13-11-21)37(38)39/h3,5,7,10-15,17,20,25-26,33H,1-2,4,6,8-9,16,18H2,(H,32,34,35)/t20?,25-,26-/m1/s1. The molecule has 2 aliphatic rings. The van der Waals surface area contributed by atoms with Crippen molar-refractivity contribution < 1.29 is 22.8 Å². The molecule has 1 aliphatic heterocycles. The van der Waals surface area contributed by atoms with E-state index in [9.17, 15) is 23.3 Å². The molecular formula is C28H31F3N6O3. The molecule has 212 valence electrons. The number of hydrogen-bond acceptors (Lipinski definition) is 8. The van der Waals surface area contributed by atoms with Crippen molar-refractivity contribution >= 4 is 17.3 Å². The maximum Gasteiger partial charge on any atom is 0.573 e. The summed E-state index contributed by atoms with van der Waals surface area (Å²) in [6.07, 6.45) is 3.01. The highest BCUT2D eigenvalue weighted by Gasteiger charge is 2.32. The normalized spacial score (nSPS) is 21.6. The molecule has 1 aromatic heterocycles. The maximum atomic E-state index is 12.7. The molecule has 5 rings (SSSR count). The van der Waals surface area contributed by atoms with Crippen molar-refractivity contribution in [1.29, 1.82) is 0 Å². The van der Waals surface area contributed by atoms with Gasteiger partial charge in [0.05, 0.1) is 10.6 Å². The molecule has 2 N–H and O–H groups in total. The molecule has 0 amide bonds. The summed E-state index contributed by atoms with van der Waals surface area (Å²) in [5, 5.41) is 18.3. The van der Waals surface area contributed by atoms with E-state index in [1.807, 2.05) is 0 Å². The number of ether oxygens (including phenoxy) is 1. The molecule has 2 heterocycles. The predicted molar refractivity (Wildman–Crippen MR) is 145 cm³/mol. The van der Waals surface area contributed by atoms with Gasteiger partial charge in [-0.15, -0.1) is 13.2 Å². The summed E-state index contributed by atoms with van der Waals surface area (Å²) < 4.78 is 42.0. The van der Waals surface area contributed by atoms with Gasteiger partial charge in [-0.25, -0.2) is 9.97 Å². The Hall–Kier alpha value is -3.93. The third-order valence-corrected chi connectivity index (χ3v) is 7.40. The number of aromatic nitrogens is 2. The van der Waals surface area contributed by atoms with Crippen molar-refractivity contribution in [3.8, 4) is 17.0 Å². The van der Waals surface area contributed by atoms with E-state index in [4.69, 9.17) is 0 Å². The summed E-state index contributed by atoms with van der Waals surface area (Å²) >= 11 is 0. The Labute approximate surface area is 229 Å². The Bertz CT molecular complexity index is 1310. The second kappa shape index (κ2) is 12.1. The first kappa shape index (κ1) is 27.6. The van der Waals surface area contributed by atoms with Crippen LogP contribution in [-0.4, -0.2) is 52.5 Å². The molecule has 3 aromatic rings. The fraction of sp³-hybridized carbons (Fsp3) is 0.429. The molecule has 12 heteroatoms. The van der Waals surface area contributed by atoms with Crippen molar-refractivity contribution in [2.24, 2.45) is 0 Å². The van der Waals surface area contributed by atoms with Crippen LogP contribution in [0.4, 0.5) is 30.5 Å². The Balaban J connectivity index is 1.24. The average molecular weight is 557 g/mol. The molecule has 1 saturated heterocycles. The molecule has 0 radical (unpaired) electrons. The van der Waals surface area contributed by atoms with Gasteiger partial charge in [-0.1, -0.05) is 25.0 Å². The fourth-order valence-electron chi connectivity index (χ4n) is 5.55. The zero-order chi connectivity index (χ0) is 28.1. The zero-order valence-corrected chi connectivity index (χ0v) is 21.8. The summed E-state index contributed by atoms with van der Waals surface area (Å²) in [5.74, 6) is 0.124. The van der Waals surface area contributed by atoms with Crippen LogP contribution < -0.4 is 20.3 Å². The molecule has 0 spiro atoms. The number of nitrogens with zero attached hydrogens (tertiary/aromatic N) is 4. The van der Waals surface area contributed by atoms with Crippen molar-refractivity contribution in [1.82, 2.24) is 15.3 Å². The van der Waals surface area contributed by atoms with E-state index in [0.29, 0.717) is 17.2 Å². The molecular weight excluding hydrogens is 525 g/mol. The lowest BCUT2D eigenvalue weighted by Crippen LogP contribution is -2.55. The minimum absolute atomic E-state index is 0.0835. The molecule has 1 saturated carbocycles. The van der Waals surface area contributed by atoms with E-state index in [0.717, 1.165) is 57.3 Å². The zero-order valence-electron chi connectivity index (χ0n) is 21.8.